The lowest BCUT2D eigenvalue weighted by atomic mass is 10.4. The van der Waals surface area contributed by atoms with Crippen LogP contribution in [0.3, 0.4) is 0 Å². The molecule has 3 rings (SSSR count). The second kappa shape index (κ2) is 4.69. The smallest absolute Gasteiger partial charge is 0.304 e. The lowest BCUT2D eigenvalue weighted by Gasteiger charge is -2.03. The van der Waals surface area contributed by atoms with Crippen LogP contribution in [0.5, 0.6) is 0 Å². The van der Waals surface area contributed by atoms with E-state index in [4.69, 9.17) is 0 Å². The van der Waals surface area contributed by atoms with E-state index >= 15 is 0 Å². The Morgan fingerprint density at radius 2 is 2.37 bits per heavy atom. The van der Waals surface area contributed by atoms with E-state index < -0.39 is 0 Å². The first-order valence-electron chi connectivity index (χ1n) is 5.61. The fraction of sp³-hybridized carbons (Fsp3) is 0.0833. The first kappa shape index (κ1) is 11.7. The van der Waals surface area contributed by atoms with Crippen molar-refractivity contribution in [2.24, 2.45) is 0 Å². The van der Waals surface area contributed by atoms with Crippen molar-refractivity contribution in [1.82, 2.24) is 19.7 Å². The van der Waals surface area contributed by atoms with Crippen molar-refractivity contribution in [2.45, 2.75) is 6.54 Å². The zero-order valence-electron chi connectivity index (χ0n) is 9.79. The summed E-state index contributed by atoms with van der Waals surface area (Å²) in [5.74, 6) is -0.231. The van der Waals surface area contributed by atoms with E-state index in [2.05, 4.69) is 15.3 Å². The highest BCUT2D eigenvalue weighted by atomic mass is 32.1. The van der Waals surface area contributed by atoms with Gasteiger partial charge in [-0.05, 0) is 12.1 Å². The van der Waals surface area contributed by atoms with E-state index in [9.17, 15) is 9.59 Å². The average Bonchev–Trinajstić information content (AvgIpc) is 3.02. The first-order chi connectivity index (χ1) is 9.24. The Kier molecular flexibility index (Phi) is 2.88. The molecule has 0 fully saturated rings. The van der Waals surface area contributed by atoms with Crippen LogP contribution in [0.4, 0.5) is 0 Å². The lowest BCUT2D eigenvalue weighted by molar-refractivity contribution is 0.0944. The molecule has 0 unspecified atom stereocenters. The molecule has 0 aliphatic rings. The SMILES string of the molecule is O=C(NCc1csc(=O)[nH]1)c1cnc2ccccn12. The van der Waals surface area contributed by atoms with Crippen LogP contribution >= 0.6 is 11.3 Å². The molecule has 0 radical (unpaired) electrons. The summed E-state index contributed by atoms with van der Waals surface area (Å²) in [4.78, 5) is 29.7. The third-order valence-electron chi connectivity index (χ3n) is 2.66. The van der Waals surface area contributed by atoms with Gasteiger partial charge in [0, 0.05) is 17.3 Å². The standard InChI is InChI=1S/C12H10N4O2S/c17-11(14-5-8-7-19-12(18)15-8)9-6-13-10-3-1-2-4-16(9)10/h1-4,6-7H,5H2,(H,14,17)(H,15,18). The van der Waals surface area contributed by atoms with E-state index in [-0.39, 0.29) is 17.3 Å². The molecule has 0 aliphatic heterocycles. The summed E-state index contributed by atoms with van der Waals surface area (Å²) in [6, 6.07) is 5.52. The van der Waals surface area contributed by atoms with Crippen LogP contribution in [-0.4, -0.2) is 20.3 Å². The maximum atomic E-state index is 12.0. The molecule has 2 N–H and O–H groups in total. The number of H-pyrrole nitrogens is 1. The molecule has 3 heterocycles. The molecule has 0 saturated carbocycles. The number of rotatable bonds is 3. The molecular formula is C12H10N4O2S. The van der Waals surface area contributed by atoms with E-state index in [0.717, 1.165) is 17.0 Å². The van der Waals surface area contributed by atoms with E-state index in [1.807, 2.05) is 18.2 Å². The summed E-state index contributed by atoms with van der Waals surface area (Å²) < 4.78 is 1.71. The monoisotopic (exact) mass is 274 g/mol. The van der Waals surface area contributed by atoms with Gasteiger partial charge in [0.05, 0.1) is 12.7 Å². The number of carbonyl (C=O) groups excluding carboxylic acids is 1. The van der Waals surface area contributed by atoms with Gasteiger partial charge >= 0.3 is 4.87 Å². The summed E-state index contributed by atoms with van der Waals surface area (Å²) >= 11 is 1.08. The van der Waals surface area contributed by atoms with E-state index in [0.29, 0.717) is 11.4 Å². The molecule has 0 aromatic carbocycles. The maximum Gasteiger partial charge on any atom is 0.304 e. The van der Waals surface area contributed by atoms with Crippen molar-refractivity contribution in [2.75, 3.05) is 0 Å². The summed E-state index contributed by atoms with van der Waals surface area (Å²) in [6.45, 7) is 0.289. The molecule has 0 spiro atoms. The van der Waals surface area contributed by atoms with Crippen molar-refractivity contribution >= 4 is 22.9 Å². The predicted octanol–water partition coefficient (Wildman–Crippen LogP) is 1.01. The molecule has 7 heteroatoms. The van der Waals surface area contributed by atoms with Gasteiger partial charge in [0.15, 0.2) is 0 Å². The molecular weight excluding hydrogens is 264 g/mol. The maximum absolute atomic E-state index is 12.0. The van der Waals surface area contributed by atoms with Gasteiger partial charge in [-0.2, -0.15) is 0 Å². The van der Waals surface area contributed by atoms with Crippen LogP contribution < -0.4 is 10.2 Å². The minimum absolute atomic E-state index is 0.126. The van der Waals surface area contributed by atoms with Gasteiger partial charge in [0.2, 0.25) is 0 Å². The number of imidazole rings is 1. The van der Waals surface area contributed by atoms with Crippen LogP contribution in [0.2, 0.25) is 0 Å². The van der Waals surface area contributed by atoms with Gasteiger partial charge in [0.25, 0.3) is 5.91 Å². The number of hydrogen-bond donors (Lipinski definition) is 2. The normalized spacial score (nSPS) is 10.7. The molecule has 0 aliphatic carbocycles. The van der Waals surface area contributed by atoms with Gasteiger partial charge < -0.3 is 10.3 Å². The summed E-state index contributed by atoms with van der Waals surface area (Å²) in [7, 11) is 0. The number of carbonyl (C=O) groups is 1. The highest BCUT2D eigenvalue weighted by Gasteiger charge is 2.11. The number of nitrogens with one attached hydrogen (secondary N) is 2. The van der Waals surface area contributed by atoms with Gasteiger partial charge in [0.1, 0.15) is 11.3 Å². The Bertz CT molecular complexity index is 786. The largest absolute Gasteiger partial charge is 0.345 e. The first-order valence-corrected chi connectivity index (χ1v) is 6.49. The summed E-state index contributed by atoms with van der Waals surface area (Å²) in [6.07, 6.45) is 3.31. The number of pyridine rings is 1. The highest BCUT2D eigenvalue weighted by molar-refractivity contribution is 7.07. The molecule has 96 valence electrons. The number of nitrogens with zero attached hydrogens (tertiary/aromatic N) is 2. The van der Waals surface area contributed by atoms with E-state index in [1.54, 1.807) is 16.0 Å². The van der Waals surface area contributed by atoms with E-state index in [1.165, 1.54) is 6.20 Å². The number of thiazole rings is 1. The number of aromatic amines is 1. The van der Waals surface area contributed by atoms with Crippen molar-refractivity contribution in [1.29, 1.82) is 0 Å². The topological polar surface area (TPSA) is 79.3 Å². The van der Waals surface area contributed by atoms with Crippen molar-refractivity contribution in [3.8, 4) is 0 Å². The minimum atomic E-state index is -0.231. The van der Waals surface area contributed by atoms with Crippen LogP contribution in [0, 0.1) is 0 Å². The molecule has 3 aromatic rings. The molecule has 6 nitrogen and oxygen atoms in total. The van der Waals surface area contributed by atoms with Crippen molar-refractivity contribution in [3.63, 3.8) is 0 Å². The van der Waals surface area contributed by atoms with Crippen LogP contribution in [0.15, 0.2) is 40.8 Å². The predicted molar refractivity (Wildman–Crippen MR) is 71.3 cm³/mol. The Hall–Kier alpha value is -2.41. The number of hydrogen-bond acceptors (Lipinski definition) is 4. The summed E-state index contributed by atoms with van der Waals surface area (Å²) in [5, 5.41) is 4.44. The Balaban J connectivity index is 1.78. The van der Waals surface area contributed by atoms with Gasteiger partial charge in [-0.15, -0.1) is 0 Å². The second-order valence-corrected chi connectivity index (χ2v) is 4.77. The zero-order chi connectivity index (χ0) is 13.2. The molecule has 1 amide bonds. The van der Waals surface area contributed by atoms with Crippen LogP contribution in [-0.2, 0) is 6.54 Å². The van der Waals surface area contributed by atoms with Crippen molar-refractivity contribution < 1.29 is 4.79 Å². The fourth-order valence-electron chi connectivity index (χ4n) is 1.77. The van der Waals surface area contributed by atoms with Crippen molar-refractivity contribution in [3.05, 3.63) is 57.0 Å². The number of amides is 1. The Morgan fingerprint density at radius 1 is 1.47 bits per heavy atom. The molecule has 0 saturated heterocycles. The summed E-state index contributed by atoms with van der Waals surface area (Å²) in [5.41, 5.74) is 1.88. The molecule has 19 heavy (non-hydrogen) atoms. The quantitative estimate of drug-likeness (QED) is 0.748. The number of fused-ring (bicyclic) bond motifs is 1. The lowest BCUT2D eigenvalue weighted by Crippen LogP contribution is -2.24. The molecule has 0 atom stereocenters. The van der Waals surface area contributed by atoms with Gasteiger partial charge in [-0.3, -0.25) is 14.0 Å². The average molecular weight is 274 g/mol. The third-order valence-corrected chi connectivity index (χ3v) is 3.38. The second-order valence-electron chi connectivity index (χ2n) is 3.93. The third kappa shape index (κ3) is 2.27. The highest BCUT2D eigenvalue weighted by Crippen LogP contribution is 2.06. The molecule has 3 aromatic heterocycles. The number of aromatic nitrogens is 3. The fourth-order valence-corrected chi connectivity index (χ4v) is 2.35. The Labute approximate surface area is 111 Å². The van der Waals surface area contributed by atoms with Gasteiger partial charge in [-0.25, -0.2) is 4.98 Å². The zero-order valence-corrected chi connectivity index (χ0v) is 10.6. The molecule has 0 bridgehead atoms. The van der Waals surface area contributed by atoms with Gasteiger partial charge in [-0.1, -0.05) is 17.4 Å². The van der Waals surface area contributed by atoms with Crippen LogP contribution in [0.1, 0.15) is 16.2 Å². The minimum Gasteiger partial charge on any atom is -0.345 e. The van der Waals surface area contributed by atoms with Crippen LogP contribution in [0.25, 0.3) is 5.65 Å². The Morgan fingerprint density at radius 3 is 3.16 bits per heavy atom.